The second-order valence-electron chi connectivity index (χ2n) is 4.09. The van der Waals surface area contributed by atoms with Gasteiger partial charge in [0.2, 0.25) is 0 Å². The Morgan fingerprint density at radius 3 is 2.35 bits per heavy atom. The Bertz CT molecular complexity index is 294. The van der Waals surface area contributed by atoms with Crippen LogP contribution < -0.4 is 10.6 Å². The number of carboxylic acid groups (broad SMARTS) is 1. The van der Waals surface area contributed by atoms with E-state index in [0.29, 0.717) is 18.7 Å². The molecule has 2 amide bonds. The average molecular weight is 264 g/mol. The predicted octanol–water partition coefficient (Wildman–Crippen LogP) is 0.163. The first-order chi connectivity index (χ1) is 7.84. The molecule has 6 nitrogen and oxygen atoms in total. The monoisotopic (exact) mass is 264 g/mol. The molecule has 100 valence electrons. The van der Waals surface area contributed by atoms with E-state index >= 15 is 0 Å². The van der Waals surface area contributed by atoms with Gasteiger partial charge in [0.15, 0.2) is 0 Å². The van der Waals surface area contributed by atoms with Crippen molar-refractivity contribution < 1.29 is 18.9 Å². The maximum atomic E-state index is 11.3. The standard InChI is InChI=1S/C10H20N2O4S/c1-7(2)8(9(13)14)12-10(15)11-5-4-6-17(3)16/h7-8H,4-6H2,1-3H3,(H,13,14)(H2,11,12,15). The zero-order valence-electron chi connectivity index (χ0n) is 10.4. The van der Waals surface area contributed by atoms with Crippen LogP contribution in [-0.2, 0) is 15.6 Å². The normalized spacial score (nSPS) is 14.1. The summed E-state index contributed by atoms with van der Waals surface area (Å²) in [5, 5.41) is 13.8. The van der Waals surface area contributed by atoms with Crippen LogP contribution in [0.5, 0.6) is 0 Å². The summed E-state index contributed by atoms with van der Waals surface area (Å²) in [5.41, 5.74) is 0. The van der Waals surface area contributed by atoms with Crippen LogP contribution in [0.15, 0.2) is 0 Å². The Morgan fingerprint density at radius 2 is 1.94 bits per heavy atom. The van der Waals surface area contributed by atoms with E-state index in [9.17, 15) is 13.8 Å². The topological polar surface area (TPSA) is 95.5 Å². The van der Waals surface area contributed by atoms with Crippen molar-refractivity contribution in [3.8, 4) is 0 Å². The molecule has 2 atom stereocenters. The van der Waals surface area contributed by atoms with Crippen molar-refractivity contribution in [2.24, 2.45) is 5.92 Å². The van der Waals surface area contributed by atoms with Crippen molar-refractivity contribution in [2.45, 2.75) is 26.3 Å². The van der Waals surface area contributed by atoms with Gasteiger partial charge in [0.25, 0.3) is 0 Å². The zero-order valence-corrected chi connectivity index (χ0v) is 11.2. The Balaban J connectivity index is 3.91. The van der Waals surface area contributed by atoms with Gasteiger partial charge in [-0.3, -0.25) is 4.21 Å². The van der Waals surface area contributed by atoms with Crippen LogP contribution in [0.1, 0.15) is 20.3 Å². The van der Waals surface area contributed by atoms with Gasteiger partial charge in [-0.05, 0) is 12.3 Å². The largest absolute Gasteiger partial charge is 0.480 e. The third-order valence-corrected chi connectivity index (χ3v) is 2.98. The highest BCUT2D eigenvalue weighted by molar-refractivity contribution is 7.84. The van der Waals surface area contributed by atoms with Gasteiger partial charge in [-0.25, -0.2) is 9.59 Å². The number of urea groups is 1. The molecular weight excluding hydrogens is 244 g/mol. The van der Waals surface area contributed by atoms with Crippen LogP contribution in [0.3, 0.4) is 0 Å². The second-order valence-corrected chi connectivity index (χ2v) is 5.65. The fourth-order valence-electron chi connectivity index (χ4n) is 1.18. The fourth-order valence-corrected chi connectivity index (χ4v) is 1.73. The van der Waals surface area contributed by atoms with Gasteiger partial charge in [0, 0.05) is 29.4 Å². The molecule has 0 bridgehead atoms. The Morgan fingerprint density at radius 1 is 1.35 bits per heavy atom. The number of hydrogen-bond acceptors (Lipinski definition) is 3. The quantitative estimate of drug-likeness (QED) is 0.571. The lowest BCUT2D eigenvalue weighted by Crippen LogP contribution is -2.48. The highest BCUT2D eigenvalue weighted by Crippen LogP contribution is 2.01. The highest BCUT2D eigenvalue weighted by Gasteiger charge is 2.22. The lowest BCUT2D eigenvalue weighted by atomic mass is 10.1. The van der Waals surface area contributed by atoms with Crippen LogP contribution >= 0.6 is 0 Å². The number of carboxylic acids is 1. The van der Waals surface area contributed by atoms with Crippen LogP contribution in [0.25, 0.3) is 0 Å². The van der Waals surface area contributed by atoms with Gasteiger partial charge in [-0.2, -0.15) is 0 Å². The average Bonchev–Trinajstić information content (AvgIpc) is 2.19. The lowest BCUT2D eigenvalue weighted by molar-refractivity contribution is -0.140. The van der Waals surface area contributed by atoms with Crippen molar-refractivity contribution in [1.82, 2.24) is 10.6 Å². The molecule has 0 heterocycles. The number of carbonyl (C=O) groups is 2. The molecule has 7 heteroatoms. The fraction of sp³-hybridized carbons (Fsp3) is 0.800. The molecule has 0 spiro atoms. The van der Waals surface area contributed by atoms with E-state index in [2.05, 4.69) is 10.6 Å². The van der Waals surface area contributed by atoms with E-state index in [-0.39, 0.29) is 5.92 Å². The Hall–Kier alpha value is -1.11. The maximum absolute atomic E-state index is 11.3. The van der Waals surface area contributed by atoms with Crippen molar-refractivity contribution in [3.05, 3.63) is 0 Å². The number of carbonyl (C=O) groups excluding carboxylic acids is 1. The molecule has 0 saturated carbocycles. The van der Waals surface area contributed by atoms with Gasteiger partial charge in [0.1, 0.15) is 6.04 Å². The molecule has 0 aromatic rings. The summed E-state index contributed by atoms with van der Waals surface area (Å²) in [6.45, 7) is 3.83. The minimum Gasteiger partial charge on any atom is -0.480 e. The van der Waals surface area contributed by atoms with Crippen molar-refractivity contribution in [1.29, 1.82) is 0 Å². The first-order valence-electron chi connectivity index (χ1n) is 5.41. The SMILES string of the molecule is CC(C)C(NC(=O)NCCCS(C)=O)C(=O)O. The van der Waals surface area contributed by atoms with Crippen LogP contribution in [0.4, 0.5) is 4.79 Å². The summed E-state index contributed by atoms with van der Waals surface area (Å²) in [6.07, 6.45) is 2.20. The molecule has 17 heavy (non-hydrogen) atoms. The Kier molecular flexibility index (Phi) is 7.53. The van der Waals surface area contributed by atoms with Crippen molar-refractivity contribution in [3.63, 3.8) is 0 Å². The molecule has 3 N–H and O–H groups in total. The van der Waals surface area contributed by atoms with E-state index in [4.69, 9.17) is 5.11 Å². The molecule has 0 aliphatic carbocycles. The third-order valence-electron chi connectivity index (χ3n) is 2.11. The van der Waals surface area contributed by atoms with E-state index in [1.165, 1.54) is 0 Å². The Labute approximate surface area is 104 Å². The first-order valence-corrected chi connectivity index (χ1v) is 7.14. The van der Waals surface area contributed by atoms with Crippen LogP contribution in [0.2, 0.25) is 0 Å². The van der Waals surface area contributed by atoms with Crippen molar-refractivity contribution >= 4 is 22.8 Å². The lowest BCUT2D eigenvalue weighted by Gasteiger charge is -2.18. The van der Waals surface area contributed by atoms with Gasteiger partial charge in [-0.1, -0.05) is 13.8 Å². The van der Waals surface area contributed by atoms with Gasteiger partial charge in [-0.15, -0.1) is 0 Å². The molecule has 0 aromatic carbocycles. The molecule has 0 fully saturated rings. The molecular formula is C10H20N2O4S. The van der Waals surface area contributed by atoms with E-state index in [1.807, 2.05) is 0 Å². The summed E-state index contributed by atoms with van der Waals surface area (Å²) >= 11 is 0. The number of aliphatic carboxylic acids is 1. The third kappa shape index (κ3) is 7.73. The minimum absolute atomic E-state index is 0.179. The summed E-state index contributed by atoms with van der Waals surface area (Å²) in [4.78, 5) is 22.2. The maximum Gasteiger partial charge on any atom is 0.326 e. The molecule has 0 radical (unpaired) electrons. The molecule has 2 unspecified atom stereocenters. The second kappa shape index (κ2) is 8.05. The van der Waals surface area contributed by atoms with E-state index in [0.717, 1.165) is 0 Å². The van der Waals surface area contributed by atoms with Gasteiger partial charge in [0.05, 0.1) is 0 Å². The number of nitrogens with one attached hydrogen (secondary N) is 2. The van der Waals surface area contributed by atoms with Gasteiger partial charge < -0.3 is 15.7 Å². The molecule has 0 aliphatic heterocycles. The number of amides is 2. The minimum atomic E-state index is -1.05. The van der Waals surface area contributed by atoms with Crippen molar-refractivity contribution in [2.75, 3.05) is 18.6 Å². The van der Waals surface area contributed by atoms with Crippen LogP contribution in [-0.4, -0.2) is 45.9 Å². The van der Waals surface area contributed by atoms with E-state index in [1.54, 1.807) is 20.1 Å². The first kappa shape index (κ1) is 15.9. The summed E-state index contributed by atoms with van der Waals surface area (Å²) in [7, 11) is -0.871. The molecule has 0 rings (SSSR count). The van der Waals surface area contributed by atoms with E-state index < -0.39 is 28.8 Å². The number of hydrogen-bond donors (Lipinski definition) is 3. The smallest absolute Gasteiger partial charge is 0.326 e. The number of rotatable bonds is 7. The predicted molar refractivity (Wildman–Crippen MR) is 66.3 cm³/mol. The van der Waals surface area contributed by atoms with Gasteiger partial charge >= 0.3 is 12.0 Å². The highest BCUT2D eigenvalue weighted by atomic mass is 32.2. The zero-order chi connectivity index (χ0) is 13.4. The van der Waals surface area contributed by atoms with Crippen LogP contribution in [0, 0.1) is 5.92 Å². The summed E-state index contributed by atoms with van der Waals surface area (Å²) < 4.78 is 10.7. The molecule has 0 aromatic heterocycles. The summed E-state index contributed by atoms with van der Waals surface area (Å²) in [6, 6.07) is -1.40. The molecule has 0 aliphatic rings. The molecule has 0 saturated heterocycles. The summed E-state index contributed by atoms with van der Waals surface area (Å²) in [5.74, 6) is -0.710.